The summed E-state index contributed by atoms with van der Waals surface area (Å²) in [5.41, 5.74) is -1.04. The van der Waals surface area contributed by atoms with E-state index < -0.39 is 33.7 Å². The first-order valence-electron chi connectivity index (χ1n) is 10.0. The zero-order valence-corrected chi connectivity index (χ0v) is 18.3. The molecule has 1 aliphatic rings. The van der Waals surface area contributed by atoms with Crippen LogP contribution in [0.4, 0.5) is 17.6 Å². The molecular weight excluding hydrogens is 470 g/mol. The average Bonchev–Trinajstić information content (AvgIpc) is 3.09. The van der Waals surface area contributed by atoms with Crippen molar-refractivity contribution in [2.45, 2.75) is 11.9 Å². The molecular formula is C25H17F4NO3S. The number of rotatable bonds is 5. The number of fused-ring (bicyclic) bond motifs is 1. The number of amides is 1. The van der Waals surface area contributed by atoms with Crippen LogP contribution >= 0.6 is 0 Å². The van der Waals surface area contributed by atoms with Crippen LogP contribution in [-0.4, -0.2) is 19.8 Å². The maximum Gasteiger partial charge on any atom is 0.516 e. The lowest BCUT2D eigenvalue weighted by atomic mass is 10.00. The van der Waals surface area contributed by atoms with Crippen LogP contribution in [0, 0.1) is 5.82 Å². The molecule has 0 aliphatic heterocycles. The summed E-state index contributed by atoms with van der Waals surface area (Å²) in [5.74, 6) is -1.96. The van der Waals surface area contributed by atoms with Crippen molar-refractivity contribution < 1.29 is 30.8 Å². The van der Waals surface area contributed by atoms with Crippen molar-refractivity contribution in [1.82, 2.24) is 4.72 Å². The second kappa shape index (κ2) is 8.90. The Morgan fingerprint density at radius 1 is 0.882 bits per heavy atom. The van der Waals surface area contributed by atoms with Crippen molar-refractivity contribution in [3.05, 3.63) is 101 Å². The molecule has 0 spiro atoms. The van der Waals surface area contributed by atoms with Gasteiger partial charge in [-0.3, -0.25) is 4.79 Å². The predicted octanol–water partition coefficient (Wildman–Crippen LogP) is 5.79. The van der Waals surface area contributed by atoms with Crippen LogP contribution in [-0.2, 0) is 14.8 Å². The second-order valence-corrected chi connectivity index (χ2v) is 9.27. The highest BCUT2D eigenvalue weighted by Gasteiger charge is 2.47. The molecule has 0 unspecified atom stereocenters. The van der Waals surface area contributed by atoms with Crippen LogP contribution < -0.4 is 4.72 Å². The first kappa shape index (κ1) is 23.4. The molecule has 0 saturated carbocycles. The van der Waals surface area contributed by atoms with Gasteiger partial charge in [0.25, 0.3) is 0 Å². The fourth-order valence-corrected chi connectivity index (χ4v) is 4.13. The molecule has 3 aromatic carbocycles. The van der Waals surface area contributed by atoms with E-state index in [9.17, 15) is 30.8 Å². The molecule has 0 radical (unpaired) electrons. The summed E-state index contributed by atoms with van der Waals surface area (Å²) >= 11 is 0. The lowest BCUT2D eigenvalue weighted by molar-refractivity contribution is -0.119. The van der Waals surface area contributed by atoms with Crippen LogP contribution in [0.5, 0.6) is 0 Å². The highest BCUT2D eigenvalue weighted by Crippen LogP contribution is 2.38. The summed E-state index contributed by atoms with van der Waals surface area (Å²) in [6.07, 6.45) is 2.66. The fraction of sp³-hybridized carbons (Fsp3) is 0.0800. The number of hydrogen-bond donors (Lipinski definition) is 1. The summed E-state index contributed by atoms with van der Waals surface area (Å²) in [5, 5.41) is 0. The topological polar surface area (TPSA) is 63.2 Å². The SMILES string of the molecule is O=C(CC1=C/C(=C\c2ccc(-c3ccccc3)cc2)c2ccc(F)cc21)NS(=O)(=O)C(F)(F)F. The number of benzene rings is 3. The Balaban J connectivity index is 1.62. The third-order valence-corrected chi connectivity index (χ3v) is 6.32. The molecule has 174 valence electrons. The molecule has 0 saturated heterocycles. The molecule has 0 heterocycles. The Labute approximate surface area is 193 Å². The first-order chi connectivity index (χ1) is 16.0. The van der Waals surface area contributed by atoms with Gasteiger partial charge in [-0.25, -0.2) is 9.11 Å². The van der Waals surface area contributed by atoms with Crippen molar-refractivity contribution in [2.24, 2.45) is 0 Å². The molecule has 1 amide bonds. The lowest BCUT2D eigenvalue weighted by Gasteiger charge is -2.10. The molecule has 4 nitrogen and oxygen atoms in total. The summed E-state index contributed by atoms with van der Waals surface area (Å²) in [4.78, 5) is 12.0. The molecule has 34 heavy (non-hydrogen) atoms. The van der Waals surface area contributed by atoms with Crippen molar-refractivity contribution in [3.8, 4) is 11.1 Å². The highest BCUT2D eigenvalue weighted by molar-refractivity contribution is 7.90. The van der Waals surface area contributed by atoms with Crippen LogP contribution in [0.25, 0.3) is 28.3 Å². The predicted molar refractivity (Wildman–Crippen MR) is 122 cm³/mol. The maximum absolute atomic E-state index is 13.9. The zero-order valence-electron chi connectivity index (χ0n) is 17.4. The van der Waals surface area contributed by atoms with E-state index in [-0.39, 0.29) is 5.57 Å². The second-order valence-electron chi connectivity index (χ2n) is 7.60. The van der Waals surface area contributed by atoms with Crippen molar-refractivity contribution >= 4 is 33.2 Å². The van der Waals surface area contributed by atoms with Gasteiger partial charge in [-0.05, 0) is 63.2 Å². The Hall–Kier alpha value is -3.72. The fourth-order valence-electron chi connectivity index (χ4n) is 3.64. The molecule has 1 aliphatic carbocycles. The van der Waals surface area contributed by atoms with Gasteiger partial charge in [0, 0.05) is 0 Å². The molecule has 3 aromatic rings. The normalized spacial score (nSPS) is 14.6. The Kier molecular flexibility index (Phi) is 6.14. The number of alkyl halides is 3. The number of nitrogens with one attached hydrogen (secondary N) is 1. The lowest BCUT2D eigenvalue weighted by Crippen LogP contribution is -2.40. The van der Waals surface area contributed by atoms with Crippen LogP contribution in [0.2, 0.25) is 0 Å². The number of halogens is 4. The van der Waals surface area contributed by atoms with Gasteiger partial charge in [0.05, 0.1) is 6.42 Å². The molecule has 9 heteroatoms. The third-order valence-electron chi connectivity index (χ3n) is 5.21. The average molecular weight is 487 g/mol. The molecule has 0 aromatic heterocycles. The summed E-state index contributed by atoms with van der Waals surface area (Å²) in [6.45, 7) is 0. The standard InChI is InChI=1S/C25H17F4NO3S/c26-21-10-11-22-19(12-16-6-8-18(9-7-16)17-4-2-1-3-5-17)13-20(23(22)15-21)14-24(31)30-34(32,33)25(27,28)29/h1-13,15H,14H2,(H,30,31)/b19-12+. The zero-order chi connectivity index (χ0) is 24.5. The van der Waals surface area contributed by atoms with Gasteiger partial charge in [0.1, 0.15) is 5.82 Å². The molecule has 0 fully saturated rings. The van der Waals surface area contributed by atoms with Crippen molar-refractivity contribution in [1.29, 1.82) is 0 Å². The van der Waals surface area contributed by atoms with E-state index in [0.717, 1.165) is 27.5 Å². The van der Waals surface area contributed by atoms with Crippen molar-refractivity contribution in [2.75, 3.05) is 0 Å². The van der Waals surface area contributed by atoms with E-state index in [1.54, 1.807) is 6.08 Å². The molecule has 4 rings (SSSR count). The quantitative estimate of drug-likeness (QED) is 0.464. The van der Waals surface area contributed by atoms with E-state index in [1.807, 2.05) is 54.6 Å². The summed E-state index contributed by atoms with van der Waals surface area (Å²) in [6, 6.07) is 21.3. The van der Waals surface area contributed by atoms with Crippen LogP contribution in [0.3, 0.4) is 0 Å². The summed E-state index contributed by atoms with van der Waals surface area (Å²) < 4.78 is 75.0. The van der Waals surface area contributed by atoms with Gasteiger partial charge in [-0.1, -0.05) is 60.7 Å². The smallest absolute Gasteiger partial charge is 0.274 e. The Morgan fingerprint density at radius 2 is 1.53 bits per heavy atom. The first-order valence-corrected chi connectivity index (χ1v) is 11.5. The summed E-state index contributed by atoms with van der Waals surface area (Å²) in [7, 11) is -5.83. The Morgan fingerprint density at radius 3 is 2.18 bits per heavy atom. The van der Waals surface area contributed by atoms with E-state index in [2.05, 4.69) is 0 Å². The number of sulfonamides is 1. The van der Waals surface area contributed by atoms with E-state index >= 15 is 0 Å². The van der Waals surface area contributed by atoms with Gasteiger partial charge < -0.3 is 0 Å². The van der Waals surface area contributed by atoms with Gasteiger partial charge in [-0.2, -0.15) is 21.6 Å². The van der Waals surface area contributed by atoms with Gasteiger partial charge >= 0.3 is 15.5 Å². The molecule has 0 atom stereocenters. The number of hydrogen-bond acceptors (Lipinski definition) is 3. The minimum absolute atomic E-state index is 0.205. The van der Waals surface area contributed by atoms with Crippen molar-refractivity contribution in [3.63, 3.8) is 0 Å². The van der Waals surface area contributed by atoms with Crippen LogP contribution in [0.1, 0.15) is 23.1 Å². The molecule has 0 bridgehead atoms. The number of carbonyl (C=O) groups excluding carboxylic acids is 1. The van der Waals surface area contributed by atoms with Gasteiger partial charge in [0.2, 0.25) is 5.91 Å². The minimum Gasteiger partial charge on any atom is -0.274 e. The van der Waals surface area contributed by atoms with E-state index in [1.165, 1.54) is 18.2 Å². The maximum atomic E-state index is 13.9. The van der Waals surface area contributed by atoms with Gasteiger partial charge in [-0.15, -0.1) is 0 Å². The Bertz CT molecular complexity index is 1410. The van der Waals surface area contributed by atoms with Crippen LogP contribution in [0.15, 0.2) is 78.9 Å². The van der Waals surface area contributed by atoms with Gasteiger partial charge in [0.15, 0.2) is 0 Å². The third kappa shape index (κ3) is 4.94. The van der Waals surface area contributed by atoms with E-state index in [4.69, 9.17) is 0 Å². The monoisotopic (exact) mass is 487 g/mol. The minimum atomic E-state index is -5.83. The number of allylic oxidation sites excluding steroid dienone is 2. The van der Waals surface area contributed by atoms with E-state index in [0.29, 0.717) is 16.7 Å². The largest absolute Gasteiger partial charge is 0.516 e. The highest BCUT2D eigenvalue weighted by atomic mass is 32.2. The number of carbonyl (C=O) groups is 1. The molecule has 1 N–H and O–H groups in total.